The van der Waals surface area contributed by atoms with E-state index in [0.717, 1.165) is 11.4 Å². The Morgan fingerprint density at radius 2 is 2.35 bits per heavy atom. The first-order valence-corrected chi connectivity index (χ1v) is 5.49. The van der Waals surface area contributed by atoms with Gasteiger partial charge in [-0.25, -0.2) is 4.98 Å². The number of aromatic nitrogens is 1. The van der Waals surface area contributed by atoms with Crippen LogP contribution in [0.25, 0.3) is 0 Å². The largest absolute Gasteiger partial charge is 0.469 e. The van der Waals surface area contributed by atoms with Crippen LogP contribution >= 0.6 is 12.2 Å². The first-order chi connectivity index (χ1) is 8.04. The Balaban J connectivity index is 2.68. The first kappa shape index (κ1) is 13.4. The fourth-order valence-corrected chi connectivity index (χ4v) is 1.38. The van der Waals surface area contributed by atoms with Crippen molar-refractivity contribution in [3.63, 3.8) is 0 Å². The first-order valence-electron chi connectivity index (χ1n) is 5.08. The molecule has 0 saturated heterocycles. The number of nitrogens with two attached hydrogens (primary N) is 1. The maximum Gasteiger partial charge on any atom is 0.307 e. The summed E-state index contributed by atoms with van der Waals surface area (Å²) in [5.41, 5.74) is 6.30. The topological polar surface area (TPSA) is 68.5 Å². The molecule has 0 aliphatic heterocycles. The van der Waals surface area contributed by atoms with Crippen LogP contribution in [0, 0.1) is 0 Å². The van der Waals surface area contributed by atoms with Crippen LogP contribution in [0.5, 0.6) is 0 Å². The molecule has 0 saturated carbocycles. The molecule has 17 heavy (non-hydrogen) atoms. The summed E-state index contributed by atoms with van der Waals surface area (Å²) >= 11 is 4.89. The molecule has 0 fully saturated rings. The van der Waals surface area contributed by atoms with Crippen molar-refractivity contribution in [3.8, 4) is 0 Å². The highest BCUT2D eigenvalue weighted by molar-refractivity contribution is 7.80. The fourth-order valence-electron chi connectivity index (χ4n) is 1.26. The van der Waals surface area contributed by atoms with Gasteiger partial charge in [0.25, 0.3) is 0 Å². The van der Waals surface area contributed by atoms with Gasteiger partial charge in [-0.15, -0.1) is 0 Å². The van der Waals surface area contributed by atoms with Crippen molar-refractivity contribution in [2.75, 3.05) is 25.6 Å². The standard InChI is InChI=1S/C11H15N3O2S/c1-14(6-4-10(15)16-2)9-7-8(11(12)17)3-5-13-9/h3,5,7H,4,6H2,1-2H3,(H2,12,17). The Bertz CT molecular complexity index is 423. The SMILES string of the molecule is COC(=O)CCN(C)c1cc(C(N)=S)ccn1. The van der Waals surface area contributed by atoms with Gasteiger partial charge in [0.05, 0.1) is 13.5 Å². The monoisotopic (exact) mass is 253 g/mol. The van der Waals surface area contributed by atoms with E-state index in [1.54, 1.807) is 18.3 Å². The molecule has 1 rings (SSSR count). The molecule has 0 aliphatic rings. The molecule has 1 heterocycles. The second-order valence-electron chi connectivity index (χ2n) is 3.51. The highest BCUT2D eigenvalue weighted by Gasteiger charge is 2.07. The number of methoxy groups -OCH3 is 1. The van der Waals surface area contributed by atoms with Gasteiger partial charge in [-0.2, -0.15) is 0 Å². The lowest BCUT2D eigenvalue weighted by Gasteiger charge is -2.17. The van der Waals surface area contributed by atoms with Gasteiger partial charge in [0.1, 0.15) is 10.8 Å². The molecule has 0 amide bonds. The molecule has 0 bridgehead atoms. The van der Waals surface area contributed by atoms with E-state index in [-0.39, 0.29) is 5.97 Å². The van der Waals surface area contributed by atoms with Crippen LogP contribution < -0.4 is 10.6 Å². The number of hydrogen-bond acceptors (Lipinski definition) is 5. The van der Waals surface area contributed by atoms with E-state index in [1.165, 1.54) is 7.11 Å². The van der Waals surface area contributed by atoms with Crippen molar-refractivity contribution >= 4 is 29.0 Å². The molecule has 92 valence electrons. The van der Waals surface area contributed by atoms with E-state index in [2.05, 4.69) is 9.72 Å². The molecule has 1 aromatic rings. The quantitative estimate of drug-likeness (QED) is 0.616. The number of carbonyl (C=O) groups is 1. The summed E-state index contributed by atoms with van der Waals surface area (Å²) in [5, 5.41) is 0. The zero-order valence-corrected chi connectivity index (χ0v) is 10.7. The van der Waals surface area contributed by atoms with E-state index in [4.69, 9.17) is 18.0 Å². The molecule has 6 heteroatoms. The van der Waals surface area contributed by atoms with Crippen LogP contribution in [0.2, 0.25) is 0 Å². The normalized spacial score (nSPS) is 9.76. The predicted octanol–water partition coefficient (Wildman–Crippen LogP) is 0.715. The van der Waals surface area contributed by atoms with Gasteiger partial charge in [0, 0.05) is 25.4 Å². The van der Waals surface area contributed by atoms with Gasteiger partial charge >= 0.3 is 5.97 Å². The molecule has 0 radical (unpaired) electrons. The third-order valence-electron chi connectivity index (χ3n) is 2.30. The van der Waals surface area contributed by atoms with Crippen LogP contribution in [-0.4, -0.2) is 36.6 Å². The summed E-state index contributed by atoms with van der Waals surface area (Å²) in [6, 6.07) is 3.54. The number of nitrogens with zero attached hydrogens (tertiary/aromatic N) is 2. The van der Waals surface area contributed by atoms with E-state index in [1.807, 2.05) is 11.9 Å². The van der Waals surface area contributed by atoms with Crippen LogP contribution in [0.1, 0.15) is 12.0 Å². The molecule has 0 atom stereocenters. The van der Waals surface area contributed by atoms with Crippen molar-refractivity contribution in [3.05, 3.63) is 23.9 Å². The summed E-state index contributed by atoms with van der Waals surface area (Å²) in [5.74, 6) is 0.474. The van der Waals surface area contributed by atoms with Crippen molar-refractivity contribution in [1.82, 2.24) is 4.98 Å². The van der Waals surface area contributed by atoms with Gasteiger partial charge < -0.3 is 15.4 Å². The molecule has 1 aromatic heterocycles. The third kappa shape index (κ3) is 3.99. The predicted molar refractivity (Wildman–Crippen MR) is 70.0 cm³/mol. The van der Waals surface area contributed by atoms with Crippen molar-refractivity contribution in [2.45, 2.75) is 6.42 Å². The molecule has 0 unspecified atom stereocenters. The van der Waals surface area contributed by atoms with Gasteiger partial charge in [0.15, 0.2) is 0 Å². The van der Waals surface area contributed by atoms with Crippen LogP contribution in [0.15, 0.2) is 18.3 Å². The van der Waals surface area contributed by atoms with Crippen LogP contribution in [0.4, 0.5) is 5.82 Å². The molecular weight excluding hydrogens is 238 g/mol. The van der Waals surface area contributed by atoms with E-state index >= 15 is 0 Å². The number of carbonyl (C=O) groups excluding carboxylic acids is 1. The highest BCUT2D eigenvalue weighted by Crippen LogP contribution is 2.11. The Kier molecular flexibility index (Phi) is 4.84. The van der Waals surface area contributed by atoms with Gasteiger partial charge in [-0.05, 0) is 12.1 Å². The van der Waals surface area contributed by atoms with Crippen LogP contribution in [-0.2, 0) is 9.53 Å². The average Bonchev–Trinajstić information content (AvgIpc) is 2.35. The zero-order valence-electron chi connectivity index (χ0n) is 9.84. The summed E-state index contributed by atoms with van der Waals surface area (Å²) in [7, 11) is 3.21. The van der Waals surface area contributed by atoms with E-state index in [9.17, 15) is 4.79 Å². The van der Waals surface area contributed by atoms with Gasteiger partial charge in [0.2, 0.25) is 0 Å². The van der Waals surface area contributed by atoms with Crippen molar-refractivity contribution in [1.29, 1.82) is 0 Å². The molecule has 2 N–H and O–H groups in total. The Morgan fingerprint density at radius 3 is 2.94 bits per heavy atom. The maximum absolute atomic E-state index is 11.0. The number of pyridine rings is 1. The zero-order chi connectivity index (χ0) is 12.8. The minimum Gasteiger partial charge on any atom is -0.469 e. The Hall–Kier alpha value is -1.69. The summed E-state index contributed by atoms with van der Waals surface area (Å²) in [4.78, 5) is 17.4. The molecule has 0 aliphatic carbocycles. The highest BCUT2D eigenvalue weighted by atomic mass is 32.1. The number of ether oxygens (including phenoxy) is 1. The summed E-state index contributed by atoms with van der Waals surface area (Å²) < 4.78 is 4.57. The lowest BCUT2D eigenvalue weighted by atomic mass is 10.2. The second kappa shape index (κ2) is 6.15. The number of esters is 1. The number of hydrogen-bond donors (Lipinski definition) is 1. The molecular formula is C11H15N3O2S. The maximum atomic E-state index is 11.0. The van der Waals surface area contributed by atoms with Gasteiger partial charge in [-0.3, -0.25) is 4.79 Å². The van der Waals surface area contributed by atoms with E-state index < -0.39 is 0 Å². The molecule has 0 spiro atoms. The Morgan fingerprint density at radius 1 is 1.65 bits per heavy atom. The summed E-state index contributed by atoms with van der Waals surface area (Å²) in [6.07, 6.45) is 1.95. The lowest BCUT2D eigenvalue weighted by molar-refractivity contribution is -0.140. The minimum absolute atomic E-state index is 0.248. The fraction of sp³-hybridized carbons (Fsp3) is 0.364. The van der Waals surface area contributed by atoms with Crippen LogP contribution in [0.3, 0.4) is 0 Å². The third-order valence-corrected chi connectivity index (χ3v) is 2.54. The lowest BCUT2D eigenvalue weighted by Crippen LogP contribution is -2.23. The minimum atomic E-state index is -0.248. The second-order valence-corrected chi connectivity index (χ2v) is 3.95. The summed E-state index contributed by atoms with van der Waals surface area (Å²) in [6.45, 7) is 0.528. The van der Waals surface area contributed by atoms with Crippen molar-refractivity contribution in [2.24, 2.45) is 5.73 Å². The smallest absolute Gasteiger partial charge is 0.307 e. The van der Waals surface area contributed by atoms with E-state index in [0.29, 0.717) is 18.0 Å². The number of anilines is 1. The Labute approximate surface area is 106 Å². The van der Waals surface area contributed by atoms with Crippen molar-refractivity contribution < 1.29 is 9.53 Å². The molecule has 5 nitrogen and oxygen atoms in total. The number of thiocarbonyl (C=S) groups is 1. The van der Waals surface area contributed by atoms with Gasteiger partial charge in [-0.1, -0.05) is 12.2 Å². The molecule has 0 aromatic carbocycles. The number of rotatable bonds is 5. The average molecular weight is 253 g/mol.